The molecule has 1 atom stereocenters. The van der Waals surface area contributed by atoms with Crippen molar-refractivity contribution in [3.63, 3.8) is 0 Å². The van der Waals surface area contributed by atoms with Crippen LogP contribution in [0, 0.1) is 0 Å². The summed E-state index contributed by atoms with van der Waals surface area (Å²) in [7, 11) is 0. The van der Waals surface area contributed by atoms with E-state index in [4.69, 9.17) is 21.1 Å². The molecule has 0 radical (unpaired) electrons. The summed E-state index contributed by atoms with van der Waals surface area (Å²) in [5, 5.41) is 0.739. The van der Waals surface area contributed by atoms with Crippen LogP contribution in [0.3, 0.4) is 0 Å². The molecule has 0 saturated carbocycles. The summed E-state index contributed by atoms with van der Waals surface area (Å²) >= 11 is 9.44. The SMILES string of the molecule is Clc1cc(Br)ccc1COC1CCOC1. The predicted octanol–water partition coefficient (Wildman–Crippen LogP) is 3.41. The molecule has 2 nitrogen and oxygen atoms in total. The van der Waals surface area contributed by atoms with Crippen molar-refractivity contribution >= 4 is 27.5 Å². The molecule has 0 N–H and O–H groups in total. The molecule has 1 aliphatic rings. The Kier molecular flexibility index (Phi) is 4.03. The largest absolute Gasteiger partial charge is 0.379 e. The van der Waals surface area contributed by atoms with Crippen LogP contribution in [0.5, 0.6) is 0 Å². The normalized spacial score (nSPS) is 20.8. The van der Waals surface area contributed by atoms with E-state index in [1.54, 1.807) is 0 Å². The number of ether oxygens (including phenoxy) is 2. The lowest BCUT2D eigenvalue weighted by molar-refractivity contribution is 0.0318. The summed E-state index contributed by atoms with van der Waals surface area (Å²) in [6, 6.07) is 5.82. The molecule has 15 heavy (non-hydrogen) atoms. The van der Waals surface area contributed by atoms with Gasteiger partial charge in [-0.15, -0.1) is 0 Å². The molecule has 1 heterocycles. The average Bonchev–Trinajstić information content (AvgIpc) is 2.69. The third kappa shape index (κ3) is 3.18. The maximum absolute atomic E-state index is 6.07. The minimum atomic E-state index is 0.227. The predicted molar refractivity (Wildman–Crippen MR) is 63.2 cm³/mol. The molecule has 2 rings (SSSR count). The van der Waals surface area contributed by atoms with E-state index in [-0.39, 0.29) is 6.10 Å². The minimum Gasteiger partial charge on any atom is -0.379 e. The Bertz CT molecular complexity index is 337. The first-order valence-corrected chi connectivity index (χ1v) is 6.06. The van der Waals surface area contributed by atoms with Gasteiger partial charge in [-0.1, -0.05) is 33.6 Å². The molecule has 1 aromatic carbocycles. The van der Waals surface area contributed by atoms with E-state index >= 15 is 0 Å². The van der Waals surface area contributed by atoms with Gasteiger partial charge < -0.3 is 9.47 Å². The first-order chi connectivity index (χ1) is 7.25. The van der Waals surface area contributed by atoms with Crippen LogP contribution in [0.1, 0.15) is 12.0 Å². The molecule has 0 aromatic heterocycles. The number of hydrogen-bond donors (Lipinski definition) is 0. The number of hydrogen-bond acceptors (Lipinski definition) is 2. The van der Waals surface area contributed by atoms with Gasteiger partial charge in [-0.2, -0.15) is 0 Å². The molecule has 1 fully saturated rings. The monoisotopic (exact) mass is 290 g/mol. The number of rotatable bonds is 3. The van der Waals surface area contributed by atoms with Gasteiger partial charge in [0.1, 0.15) is 0 Å². The summed E-state index contributed by atoms with van der Waals surface area (Å²) in [5.74, 6) is 0. The Morgan fingerprint density at radius 1 is 1.53 bits per heavy atom. The first-order valence-electron chi connectivity index (χ1n) is 4.89. The van der Waals surface area contributed by atoms with E-state index in [1.165, 1.54) is 0 Å². The van der Waals surface area contributed by atoms with Crippen LogP contribution in [0.25, 0.3) is 0 Å². The van der Waals surface area contributed by atoms with E-state index in [0.717, 1.165) is 28.1 Å². The zero-order chi connectivity index (χ0) is 10.7. The van der Waals surface area contributed by atoms with Crippen LogP contribution in [0.2, 0.25) is 5.02 Å². The molecule has 0 aliphatic carbocycles. The van der Waals surface area contributed by atoms with E-state index < -0.39 is 0 Å². The van der Waals surface area contributed by atoms with Gasteiger partial charge in [0.15, 0.2) is 0 Å². The number of halogens is 2. The van der Waals surface area contributed by atoms with E-state index in [1.807, 2.05) is 18.2 Å². The van der Waals surface area contributed by atoms with Gasteiger partial charge in [-0.25, -0.2) is 0 Å². The lowest BCUT2D eigenvalue weighted by Gasteiger charge is -2.10. The van der Waals surface area contributed by atoms with Crippen LogP contribution >= 0.6 is 27.5 Å². The van der Waals surface area contributed by atoms with Crippen molar-refractivity contribution in [2.24, 2.45) is 0 Å². The van der Waals surface area contributed by atoms with Crippen molar-refractivity contribution in [2.75, 3.05) is 13.2 Å². The maximum Gasteiger partial charge on any atom is 0.0835 e. The van der Waals surface area contributed by atoms with E-state index in [9.17, 15) is 0 Å². The lowest BCUT2D eigenvalue weighted by Crippen LogP contribution is -2.11. The van der Waals surface area contributed by atoms with Crippen LogP contribution in [-0.4, -0.2) is 19.3 Å². The highest BCUT2D eigenvalue weighted by molar-refractivity contribution is 9.10. The smallest absolute Gasteiger partial charge is 0.0835 e. The topological polar surface area (TPSA) is 18.5 Å². The van der Waals surface area contributed by atoms with Crippen molar-refractivity contribution in [2.45, 2.75) is 19.1 Å². The Morgan fingerprint density at radius 3 is 3.07 bits per heavy atom. The summed E-state index contributed by atoms with van der Waals surface area (Å²) in [5.41, 5.74) is 1.02. The molecular formula is C11H12BrClO2. The van der Waals surface area contributed by atoms with Crippen LogP contribution in [0.4, 0.5) is 0 Å². The van der Waals surface area contributed by atoms with E-state index in [2.05, 4.69) is 15.9 Å². The molecule has 1 saturated heterocycles. The summed E-state index contributed by atoms with van der Waals surface area (Å²) in [6.45, 7) is 2.06. The second-order valence-corrected chi connectivity index (χ2v) is 4.86. The Labute approximate surface area is 103 Å². The summed E-state index contributed by atoms with van der Waals surface area (Å²) < 4.78 is 11.9. The standard InChI is InChI=1S/C11H12BrClO2/c12-9-2-1-8(11(13)5-9)6-15-10-3-4-14-7-10/h1-2,5,10H,3-4,6-7H2. The third-order valence-corrected chi connectivity index (χ3v) is 3.22. The van der Waals surface area contributed by atoms with Crippen molar-refractivity contribution < 1.29 is 9.47 Å². The van der Waals surface area contributed by atoms with Gasteiger partial charge in [0.05, 0.1) is 19.3 Å². The van der Waals surface area contributed by atoms with Crippen molar-refractivity contribution in [1.29, 1.82) is 0 Å². The molecule has 0 spiro atoms. The average molecular weight is 292 g/mol. The quantitative estimate of drug-likeness (QED) is 0.850. The second kappa shape index (κ2) is 5.30. The van der Waals surface area contributed by atoms with Crippen LogP contribution < -0.4 is 0 Å². The zero-order valence-corrected chi connectivity index (χ0v) is 10.6. The molecule has 1 aromatic rings. The van der Waals surface area contributed by atoms with Crippen molar-refractivity contribution in [3.8, 4) is 0 Å². The maximum atomic E-state index is 6.07. The Balaban J connectivity index is 1.92. The fourth-order valence-corrected chi connectivity index (χ4v) is 2.22. The van der Waals surface area contributed by atoms with Crippen LogP contribution in [-0.2, 0) is 16.1 Å². The van der Waals surface area contributed by atoms with Gasteiger partial charge in [0.25, 0.3) is 0 Å². The fourth-order valence-electron chi connectivity index (χ4n) is 1.49. The molecule has 0 bridgehead atoms. The molecule has 82 valence electrons. The molecule has 0 amide bonds. The van der Waals surface area contributed by atoms with Gasteiger partial charge in [0.2, 0.25) is 0 Å². The Hall–Kier alpha value is -0.0900. The van der Waals surface area contributed by atoms with Gasteiger partial charge in [-0.3, -0.25) is 0 Å². The second-order valence-electron chi connectivity index (χ2n) is 3.53. The minimum absolute atomic E-state index is 0.227. The molecule has 1 aliphatic heterocycles. The van der Waals surface area contributed by atoms with Gasteiger partial charge in [0, 0.05) is 16.1 Å². The molecular weight excluding hydrogens is 279 g/mol. The number of benzene rings is 1. The highest BCUT2D eigenvalue weighted by atomic mass is 79.9. The third-order valence-electron chi connectivity index (χ3n) is 2.38. The van der Waals surface area contributed by atoms with Gasteiger partial charge >= 0.3 is 0 Å². The highest BCUT2D eigenvalue weighted by Gasteiger charge is 2.16. The summed E-state index contributed by atoms with van der Waals surface area (Å²) in [4.78, 5) is 0. The lowest BCUT2D eigenvalue weighted by atomic mass is 10.2. The highest BCUT2D eigenvalue weighted by Crippen LogP contribution is 2.23. The summed E-state index contributed by atoms with van der Waals surface area (Å²) in [6.07, 6.45) is 1.21. The van der Waals surface area contributed by atoms with Gasteiger partial charge in [-0.05, 0) is 24.1 Å². The zero-order valence-electron chi connectivity index (χ0n) is 8.21. The molecule has 4 heteroatoms. The Morgan fingerprint density at radius 2 is 2.40 bits per heavy atom. The van der Waals surface area contributed by atoms with E-state index in [0.29, 0.717) is 13.2 Å². The van der Waals surface area contributed by atoms with Crippen LogP contribution in [0.15, 0.2) is 22.7 Å². The van der Waals surface area contributed by atoms with Crippen molar-refractivity contribution in [1.82, 2.24) is 0 Å². The first kappa shape index (κ1) is 11.4. The fraction of sp³-hybridized carbons (Fsp3) is 0.455. The van der Waals surface area contributed by atoms with Crippen molar-refractivity contribution in [3.05, 3.63) is 33.3 Å². The molecule has 1 unspecified atom stereocenters.